The van der Waals surface area contributed by atoms with Gasteiger partial charge < -0.3 is 0 Å². The predicted octanol–water partition coefficient (Wildman–Crippen LogP) is 2.69. The van der Waals surface area contributed by atoms with Crippen LogP contribution in [-0.4, -0.2) is 32.8 Å². The van der Waals surface area contributed by atoms with E-state index in [-0.39, 0.29) is 22.5 Å². The van der Waals surface area contributed by atoms with E-state index in [2.05, 4.69) is 20.8 Å². The Bertz CT molecular complexity index is 325. The van der Waals surface area contributed by atoms with Gasteiger partial charge in [0.2, 0.25) is 11.8 Å². The SMILES string of the molecule is CC(C)(C)SCC1CC(=O)N(C(C)(C)C)C1=O. The molecule has 1 unspecified atom stereocenters. The van der Waals surface area contributed by atoms with Gasteiger partial charge in [0, 0.05) is 22.5 Å². The summed E-state index contributed by atoms with van der Waals surface area (Å²) in [4.78, 5) is 25.5. The first-order valence-corrected chi connectivity index (χ1v) is 7.02. The minimum absolute atomic E-state index is 0.000694. The fourth-order valence-corrected chi connectivity index (χ4v) is 2.84. The van der Waals surface area contributed by atoms with Crippen LogP contribution in [0.2, 0.25) is 0 Å². The van der Waals surface area contributed by atoms with Crippen LogP contribution >= 0.6 is 11.8 Å². The van der Waals surface area contributed by atoms with Gasteiger partial charge in [-0.15, -0.1) is 0 Å². The van der Waals surface area contributed by atoms with Crippen molar-refractivity contribution in [3.63, 3.8) is 0 Å². The molecular formula is C13H23NO2S. The second-order valence-electron chi connectivity index (χ2n) is 6.56. The molecular weight excluding hydrogens is 234 g/mol. The Hall–Kier alpha value is -0.510. The van der Waals surface area contributed by atoms with Crippen molar-refractivity contribution in [3.8, 4) is 0 Å². The summed E-state index contributed by atoms with van der Waals surface area (Å²) in [6.07, 6.45) is 0.374. The highest BCUT2D eigenvalue weighted by Gasteiger charge is 2.43. The number of thioether (sulfide) groups is 1. The van der Waals surface area contributed by atoms with Crippen molar-refractivity contribution in [1.82, 2.24) is 4.90 Å². The zero-order valence-electron chi connectivity index (χ0n) is 11.7. The van der Waals surface area contributed by atoms with Crippen LogP contribution in [0.4, 0.5) is 0 Å². The van der Waals surface area contributed by atoms with Crippen LogP contribution in [0.15, 0.2) is 0 Å². The van der Waals surface area contributed by atoms with E-state index in [0.717, 1.165) is 5.75 Å². The van der Waals surface area contributed by atoms with Gasteiger partial charge in [0.15, 0.2) is 0 Å². The highest BCUT2D eigenvalue weighted by molar-refractivity contribution is 8.00. The lowest BCUT2D eigenvalue weighted by Gasteiger charge is -2.30. The number of rotatable bonds is 2. The second kappa shape index (κ2) is 4.63. The topological polar surface area (TPSA) is 37.4 Å². The largest absolute Gasteiger partial charge is 0.277 e. The number of likely N-dealkylation sites (tertiary alicyclic amines) is 1. The van der Waals surface area contributed by atoms with Gasteiger partial charge in [0.05, 0.1) is 5.92 Å². The molecule has 2 amide bonds. The van der Waals surface area contributed by atoms with Crippen LogP contribution in [0, 0.1) is 5.92 Å². The molecule has 0 bridgehead atoms. The highest BCUT2D eigenvalue weighted by Crippen LogP contribution is 2.33. The van der Waals surface area contributed by atoms with Gasteiger partial charge in [-0.2, -0.15) is 11.8 Å². The molecule has 1 saturated heterocycles. The predicted molar refractivity (Wildman–Crippen MR) is 71.9 cm³/mol. The van der Waals surface area contributed by atoms with Crippen molar-refractivity contribution < 1.29 is 9.59 Å². The Labute approximate surface area is 108 Å². The van der Waals surface area contributed by atoms with Crippen LogP contribution in [-0.2, 0) is 9.59 Å². The minimum Gasteiger partial charge on any atom is -0.277 e. The zero-order chi connectivity index (χ0) is 13.4. The first-order valence-electron chi connectivity index (χ1n) is 6.03. The molecule has 0 saturated carbocycles. The van der Waals surface area contributed by atoms with Crippen molar-refractivity contribution in [2.75, 3.05) is 5.75 Å². The van der Waals surface area contributed by atoms with Crippen LogP contribution in [0.1, 0.15) is 48.0 Å². The Morgan fingerprint density at radius 2 is 1.71 bits per heavy atom. The maximum Gasteiger partial charge on any atom is 0.234 e. The van der Waals surface area contributed by atoms with E-state index in [9.17, 15) is 9.59 Å². The number of nitrogens with zero attached hydrogens (tertiary/aromatic N) is 1. The molecule has 0 radical (unpaired) electrons. The van der Waals surface area contributed by atoms with E-state index in [4.69, 9.17) is 0 Å². The van der Waals surface area contributed by atoms with Crippen molar-refractivity contribution in [3.05, 3.63) is 0 Å². The lowest BCUT2D eigenvalue weighted by atomic mass is 10.1. The van der Waals surface area contributed by atoms with Gasteiger partial charge in [0.1, 0.15) is 0 Å². The Morgan fingerprint density at radius 1 is 1.18 bits per heavy atom. The van der Waals surface area contributed by atoms with Gasteiger partial charge in [-0.1, -0.05) is 20.8 Å². The smallest absolute Gasteiger partial charge is 0.234 e. The van der Waals surface area contributed by atoms with Gasteiger partial charge in [-0.05, 0) is 20.8 Å². The Morgan fingerprint density at radius 3 is 2.06 bits per heavy atom. The number of imide groups is 1. The monoisotopic (exact) mass is 257 g/mol. The lowest BCUT2D eigenvalue weighted by Crippen LogP contribution is -2.45. The summed E-state index contributed by atoms with van der Waals surface area (Å²) in [7, 11) is 0. The molecule has 0 aromatic carbocycles. The van der Waals surface area contributed by atoms with Crippen LogP contribution in [0.5, 0.6) is 0 Å². The van der Waals surface area contributed by atoms with E-state index < -0.39 is 5.54 Å². The molecule has 0 aliphatic carbocycles. The van der Waals surface area contributed by atoms with Crippen LogP contribution in [0.3, 0.4) is 0 Å². The van der Waals surface area contributed by atoms with E-state index >= 15 is 0 Å². The van der Waals surface area contributed by atoms with Crippen molar-refractivity contribution in [1.29, 1.82) is 0 Å². The van der Waals surface area contributed by atoms with E-state index in [1.807, 2.05) is 20.8 Å². The lowest BCUT2D eigenvalue weighted by molar-refractivity contribution is -0.144. The van der Waals surface area contributed by atoms with E-state index in [0.29, 0.717) is 6.42 Å². The average molecular weight is 257 g/mol. The summed E-state index contributed by atoms with van der Waals surface area (Å²) in [5.74, 6) is 0.577. The number of hydrogen-bond acceptors (Lipinski definition) is 3. The first kappa shape index (κ1) is 14.6. The third kappa shape index (κ3) is 3.73. The van der Waals surface area contributed by atoms with Crippen LogP contribution < -0.4 is 0 Å². The second-order valence-corrected chi connectivity index (χ2v) is 8.41. The van der Waals surface area contributed by atoms with Gasteiger partial charge in [-0.25, -0.2) is 0 Å². The number of hydrogen-bond donors (Lipinski definition) is 0. The molecule has 0 aromatic rings. The standard InChI is InChI=1S/C13H23NO2S/c1-12(2,3)14-10(15)7-9(11(14)16)8-17-13(4,5)6/h9H,7-8H2,1-6H3. The number of carbonyl (C=O) groups excluding carboxylic acids is 2. The summed E-state index contributed by atoms with van der Waals surface area (Å²) in [5.41, 5.74) is -0.394. The summed E-state index contributed by atoms with van der Waals surface area (Å²) in [6, 6.07) is 0. The summed E-state index contributed by atoms with van der Waals surface area (Å²) >= 11 is 1.75. The van der Waals surface area contributed by atoms with Crippen molar-refractivity contribution >= 4 is 23.6 Å². The average Bonchev–Trinajstić information content (AvgIpc) is 2.35. The number of carbonyl (C=O) groups is 2. The molecule has 0 aromatic heterocycles. The molecule has 98 valence electrons. The molecule has 0 N–H and O–H groups in total. The van der Waals surface area contributed by atoms with Gasteiger partial charge >= 0.3 is 0 Å². The Balaban J connectivity index is 2.69. The first-order chi connectivity index (χ1) is 7.52. The molecule has 1 atom stereocenters. The van der Waals surface area contributed by atoms with Crippen LogP contribution in [0.25, 0.3) is 0 Å². The number of amides is 2. The fraction of sp³-hybridized carbons (Fsp3) is 0.846. The molecule has 1 rings (SSSR count). The molecule has 0 spiro atoms. The maximum atomic E-state index is 12.2. The van der Waals surface area contributed by atoms with Crippen molar-refractivity contribution in [2.45, 2.75) is 58.2 Å². The van der Waals surface area contributed by atoms with Gasteiger partial charge in [-0.3, -0.25) is 14.5 Å². The maximum absolute atomic E-state index is 12.2. The molecule has 4 heteroatoms. The molecule has 1 aliphatic rings. The quantitative estimate of drug-likeness (QED) is 0.714. The summed E-state index contributed by atoms with van der Waals surface area (Å²) in [6.45, 7) is 12.1. The molecule has 1 heterocycles. The summed E-state index contributed by atoms with van der Waals surface area (Å²) in [5, 5.41) is 0. The minimum atomic E-state index is -0.394. The fourth-order valence-electron chi connectivity index (χ4n) is 1.88. The zero-order valence-corrected chi connectivity index (χ0v) is 12.5. The Kier molecular flexibility index (Phi) is 3.97. The normalized spacial score (nSPS) is 22.5. The van der Waals surface area contributed by atoms with E-state index in [1.54, 1.807) is 11.8 Å². The molecule has 1 fully saturated rings. The molecule has 17 heavy (non-hydrogen) atoms. The highest BCUT2D eigenvalue weighted by atomic mass is 32.2. The van der Waals surface area contributed by atoms with Gasteiger partial charge in [0.25, 0.3) is 0 Å². The summed E-state index contributed by atoms with van der Waals surface area (Å²) < 4.78 is 0.137. The molecule has 3 nitrogen and oxygen atoms in total. The third-order valence-corrected chi connectivity index (χ3v) is 4.06. The van der Waals surface area contributed by atoms with Crippen molar-refractivity contribution in [2.24, 2.45) is 5.92 Å². The third-order valence-electron chi connectivity index (χ3n) is 2.63. The van der Waals surface area contributed by atoms with E-state index in [1.165, 1.54) is 4.90 Å². The molecule has 1 aliphatic heterocycles.